The van der Waals surface area contributed by atoms with Crippen LogP contribution in [0.4, 0.5) is 0 Å². The molecular formula is C8H9BrCl2N2O. The lowest BCUT2D eigenvalue weighted by molar-refractivity contribution is 0.374. The zero-order chi connectivity index (χ0) is 9.84. The molecule has 0 radical (unpaired) electrons. The van der Waals surface area contributed by atoms with Crippen LogP contribution in [0.3, 0.4) is 0 Å². The summed E-state index contributed by atoms with van der Waals surface area (Å²) in [6, 6.07) is 4.86. The minimum Gasteiger partial charge on any atom is -0.484 e. The van der Waals surface area contributed by atoms with Gasteiger partial charge in [0.25, 0.3) is 0 Å². The summed E-state index contributed by atoms with van der Waals surface area (Å²) in [6.07, 6.45) is 0. The molecule has 0 aliphatic carbocycles. The molecular weight excluding hydrogens is 291 g/mol. The van der Waals surface area contributed by atoms with Gasteiger partial charge in [0.1, 0.15) is 18.2 Å². The first kappa shape index (κ1) is 13.5. The van der Waals surface area contributed by atoms with Gasteiger partial charge in [-0.15, -0.1) is 17.0 Å². The Bertz CT molecular complexity index is 333. The largest absolute Gasteiger partial charge is 0.484 e. The van der Waals surface area contributed by atoms with Crippen molar-refractivity contribution in [3.63, 3.8) is 0 Å². The van der Waals surface area contributed by atoms with Crippen LogP contribution in [0.1, 0.15) is 0 Å². The summed E-state index contributed by atoms with van der Waals surface area (Å²) in [5, 5.41) is 7.89. The van der Waals surface area contributed by atoms with E-state index in [9.17, 15) is 0 Å². The molecule has 0 aliphatic rings. The molecule has 0 spiro atoms. The summed E-state index contributed by atoms with van der Waals surface area (Å²) in [7, 11) is 0. The van der Waals surface area contributed by atoms with E-state index >= 15 is 0 Å². The molecule has 6 heteroatoms. The Morgan fingerprint density at radius 1 is 1.43 bits per heavy atom. The summed E-state index contributed by atoms with van der Waals surface area (Å²) in [4.78, 5) is 0. The fraction of sp³-hybridized carbons (Fsp3) is 0.125. The van der Waals surface area contributed by atoms with Gasteiger partial charge in [0, 0.05) is 5.02 Å². The standard InChI is InChI=1S/C8H8Cl2N2O.BrH/c9-5-1-2-7(6(10)3-5)13-4-8(11)12;/h1-3H,4H2,(H3,11,12);1H. The average molecular weight is 300 g/mol. The molecule has 0 aromatic heterocycles. The van der Waals surface area contributed by atoms with Crippen LogP contribution in [0.2, 0.25) is 10.0 Å². The molecule has 1 aromatic rings. The molecule has 0 atom stereocenters. The van der Waals surface area contributed by atoms with Crippen LogP contribution < -0.4 is 10.5 Å². The predicted molar refractivity (Wildman–Crippen MR) is 64.2 cm³/mol. The first-order valence-corrected chi connectivity index (χ1v) is 4.26. The lowest BCUT2D eigenvalue weighted by atomic mass is 10.3. The van der Waals surface area contributed by atoms with Crippen LogP contribution in [0.25, 0.3) is 0 Å². The van der Waals surface area contributed by atoms with Crippen LogP contribution in [0.15, 0.2) is 18.2 Å². The summed E-state index contributed by atoms with van der Waals surface area (Å²) >= 11 is 11.5. The number of nitrogens with one attached hydrogen (secondary N) is 1. The lowest BCUT2D eigenvalue weighted by Gasteiger charge is -2.06. The molecule has 1 aromatic carbocycles. The van der Waals surface area contributed by atoms with E-state index < -0.39 is 0 Å². The molecule has 0 saturated carbocycles. The van der Waals surface area contributed by atoms with Crippen molar-refractivity contribution in [3.8, 4) is 5.75 Å². The van der Waals surface area contributed by atoms with E-state index in [0.717, 1.165) is 0 Å². The number of nitrogens with two attached hydrogens (primary N) is 1. The molecule has 0 heterocycles. The molecule has 3 nitrogen and oxygen atoms in total. The second kappa shape index (κ2) is 6.11. The monoisotopic (exact) mass is 298 g/mol. The van der Waals surface area contributed by atoms with Crippen molar-refractivity contribution in [3.05, 3.63) is 28.2 Å². The number of ether oxygens (including phenoxy) is 1. The van der Waals surface area contributed by atoms with Gasteiger partial charge in [0.05, 0.1) is 5.02 Å². The van der Waals surface area contributed by atoms with Crippen molar-refractivity contribution in [1.82, 2.24) is 0 Å². The topological polar surface area (TPSA) is 59.1 Å². The van der Waals surface area contributed by atoms with Gasteiger partial charge in [-0.25, -0.2) is 0 Å². The molecule has 3 N–H and O–H groups in total. The van der Waals surface area contributed by atoms with Gasteiger partial charge in [-0.1, -0.05) is 23.2 Å². The van der Waals surface area contributed by atoms with Crippen LogP contribution in [-0.4, -0.2) is 12.4 Å². The zero-order valence-electron chi connectivity index (χ0n) is 7.09. The Balaban J connectivity index is 0.00000169. The smallest absolute Gasteiger partial charge is 0.145 e. The van der Waals surface area contributed by atoms with E-state index in [-0.39, 0.29) is 29.4 Å². The van der Waals surface area contributed by atoms with E-state index in [1.54, 1.807) is 18.2 Å². The Labute approximate surface area is 102 Å². The van der Waals surface area contributed by atoms with Crippen LogP contribution in [0, 0.1) is 5.41 Å². The molecule has 0 saturated heterocycles. The van der Waals surface area contributed by atoms with Crippen molar-refractivity contribution < 1.29 is 4.74 Å². The quantitative estimate of drug-likeness (QED) is 0.666. The van der Waals surface area contributed by atoms with Crippen molar-refractivity contribution in [2.24, 2.45) is 5.73 Å². The first-order chi connectivity index (χ1) is 6.09. The summed E-state index contributed by atoms with van der Waals surface area (Å²) in [5.41, 5.74) is 5.11. The maximum absolute atomic E-state index is 6.94. The SMILES string of the molecule is Br.N=C(N)COc1ccc(Cl)cc1Cl. The predicted octanol–water partition coefficient (Wildman–Crippen LogP) is 2.89. The van der Waals surface area contributed by atoms with Crippen molar-refractivity contribution in [2.75, 3.05) is 6.61 Å². The minimum absolute atomic E-state index is 0. The molecule has 0 unspecified atom stereocenters. The lowest BCUT2D eigenvalue weighted by Crippen LogP contribution is -2.19. The molecule has 14 heavy (non-hydrogen) atoms. The van der Waals surface area contributed by atoms with Gasteiger partial charge in [-0.05, 0) is 18.2 Å². The fourth-order valence-electron chi connectivity index (χ4n) is 0.748. The maximum Gasteiger partial charge on any atom is 0.145 e. The van der Waals surface area contributed by atoms with Crippen molar-refractivity contribution >= 4 is 46.0 Å². The van der Waals surface area contributed by atoms with Gasteiger partial charge in [0.2, 0.25) is 0 Å². The third kappa shape index (κ3) is 4.17. The highest BCUT2D eigenvalue weighted by atomic mass is 79.9. The van der Waals surface area contributed by atoms with Gasteiger partial charge < -0.3 is 10.5 Å². The van der Waals surface area contributed by atoms with Crippen LogP contribution in [0.5, 0.6) is 5.75 Å². The highest BCUT2D eigenvalue weighted by Crippen LogP contribution is 2.27. The number of amidine groups is 1. The first-order valence-electron chi connectivity index (χ1n) is 3.50. The van der Waals surface area contributed by atoms with Gasteiger partial charge in [0.15, 0.2) is 0 Å². The third-order valence-electron chi connectivity index (χ3n) is 1.28. The minimum atomic E-state index is -0.0500. The average Bonchev–Trinajstić information content (AvgIpc) is 2.02. The third-order valence-corrected chi connectivity index (χ3v) is 1.81. The van der Waals surface area contributed by atoms with E-state index in [1.165, 1.54) is 0 Å². The highest BCUT2D eigenvalue weighted by Gasteiger charge is 2.02. The molecule has 0 bridgehead atoms. The van der Waals surface area contributed by atoms with E-state index in [4.69, 9.17) is 39.1 Å². The van der Waals surface area contributed by atoms with E-state index in [0.29, 0.717) is 15.8 Å². The highest BCUT2D eigenvalue weighted by molar-refractivity contribution is 8.93. The number of rotatable bonds is 3. The maximum atomic E-state index is 6.94. The Morgan fingerprint density at radius 2 is 2.07 bits per heavy atom. The Hall–Kier alpha value is -0.450. The zero-order valence-corrected chi connectivity index (χ0v) is 10.3. The molecule has 1 rings (SSSR count). The van der Waals surface area contributed by atoms with Crippen molar-refractivity contribution in [1.29, 1.82) is 5.41 Å². The fourth-order valence-corrected chi connectivity index (χ4v) is 1.21. The molecule has 0 amide bonds. The summed E-state index contributed by atoms with van der Waals surface area (Å²) in [6.45, 7) is 0.0291. The Kier molecular flexibility index (Phi) is 5.92. The summed E-state index contributed by atoms with van der Waals surface area (Å²) < 4.78 is 5.11. The Morgan fingerprint density at radius 3 is 2.57 bits per heavy atom. The number of hydrogen-bond acceptors (Lipinski definition) is 2. The number of halogens is 3. The van der Waals surface area contributed by atoms with E-state index in [1.807, 2.05) is 0 Å². The van der Waals surface area contributed by atoms with Gasteiger partial charge in [-0.2, -0.15) is 0 Å². The number of benzene rings is 1. The second-order valence-electron chi connectivity index (χ2n) is 2.39. The second-order valence-corrected chi connectivity index (χ2v) is 3.23. The van der Waals surface area contributed by atoms with Gasteiger partial charge in [-0.3, -0.25) is 5.41 Å². The van der Waals surface area contributed by atoms with E-state index in [2.05, 4.69) is 0 Å². The molecule has 0 fully saturated rings. The summed E-state index contributed by atoms with van der Waals surface area (Å²) in [5.74, 6) is 0.423. The van der Waals surface area contributed by atoms with Crippen molar-refractivity contribution in [2.45, 2.75) is 0 Å². The molecule has 0 aliphatic heterocycles. The van der Waals surface area contributed by atoms with Gasteiger partial charge >= 0.3 is 0 Å². The normalized spacial score (nSPS) is 9.00. The molecule has 78 valence electrons. The number of hydrogen-bond donors (Lipinski definition) is 2. The van der Waals surface area contributed by atoms with Crippen LogP contribution >= 0.6 is 40.2 Å². The van der Waals surface area contributed by atoms with Crippen LogP contribution in [-0.2, 0) is 0 Å².